The minimum atomic E-state index is -3.72. The lowest BCUT2D eigenvalue weighted by Crippen LogP contribution is -2.26. The fraction of sp³-hybridized carbons (Fsp3) is 0.182. The molecule has 2 aromatic rings. The Labute approximate surface area is 104 Å². The molecule has 0 aliphatic carbocycles. The van der Waals surface area contributed by atoms with Crippen LogP contribution in [0.5, 0.6) is 0 Å². The quantitative estimate of drug-likeness (QED) is 0.922. The van der Waals surface area contributed by atoms with Crippen molar-refractivity contribution in [3.8, 4) is 0 Å². The molecule has 0 fully saturated rings. The molecule has 0 aliphatic heterocycles. The number of halogens is 1. The summed E-state index contributed by atoms with van der Waals surface area (Å²) in [5, 5.41) is 6.24. The lowest BCUT2D eigenvalue weighted by molar-refractivity contribution is 0.593. The van der Waals surface area contributed by atoms with E-state index in [0.717, 1.165) is 10.4 Å². The molecule has 0 aliphatic rings. The number of aromatic nitrogens is 2. The molecule has 5 nitrogen and oxygen atoms in total. The van der Waals surface area contributed by atoms with Gasteiger partial charge in [0, 0.05) is 7.05 Å². The highest BCUT2D eigenvalue weighted by atomic mass is 32.2. The molecular formula is C11H12FN3O2S. The number of nitrogens with one attached hydrogen (secondary N) is 1. The molecule has 0 unspecified atom stereocenters. The van der Waals surface area contributed by atoms with E-state index in [2.05, 4.69) is 10.2 Å². The molecule has 0 saturated heterocycles. The van der Waals surface area contributed by atoms with E-state index in [4.69, 9.17) is 0 Å². The zero-order valence-corrected chi connectivity index (χ0v) is 10.7. The van der Waals surface area contributed by atoms with Crippen LogP contribution in [0.1, 0.15) is 5.69 Å². The molecule has 0 spiro atoms. The van der Waals surface area contributed by atoms with Crippen LogP contribution in [0, 0.1) is 12.7 Å². The molecule has 1 heterocycles. The number of benzene rings is 1. The Balaban J connectivity index is 2.46. The van der Waals surface area contributed by atoms with E-state index >= 15 is 0 Å². The zero-order valence-electron chi connectivity index (χ0n) is 9.88. The molecule has 1 aromatic carbocycles. The first-order chi connectivity index (χ1) is 8.43. The van der Waals surface area contributed by atoms with Crippen LogP contribution in [0.3, 0.4) is 0 Å². The van der Waals surface area contributed by atoms with Crippen LogP contribution >= 0.6 is 0 Å². The van der Waals surface area contributed by atoms with E-state index in [-0.39, 0.29) is 10.6 Å². The van der Waals surface area contributed by atoms with Gasteiger partial charge in [-0.1, -0.05) is 6.07 Å². The fourth-order valence-electron chi connectivity index (χ4n) is 1.56. The summed E-state index contributed by atoms with van der Waals surface area (Å²) in [6.45, 7) is 1.61. The molecule has 0 amide bonds. The summed E-state index contributed by atoms with van der Waals surface area (Å²) in [4.78, 5) is 0.0780. The van der Waals surface area contributed by atoms with Gasteiger partial charge in [0.15, 0.2) is 0 Å². The predicted molar refractivity (Wildman–Crippen MR) is 65.3 cm³/mol. The summed E-state index contributed by atoms with van der Waals surface area (Å²) in [6, 6.07) is 5.40. The number of aromatic amines is 1. The van der Waals surface area contributed by atoms with Gasteiger partial charge in [0.2, 0.25) is 0 Å². The van der Waals surface area contributed by atoms with Crippen LogP contribution in [0.4, 0.5) is 10.1 Å². The Morgan fingerprint density at radius 1 is 1.39 bits per heavy atom. The average molecular weight is 269 g/mol. The van der Waals surface area contributed by atoms with Crippen molar-refractivity contribution in [1.29, 1.82) is 0 Å². The lowest BCUT2D eigenvalue weighted by atomic mass is 10.3. The number of sulfonamides is 1. The van der Waals surface area contributed by atoms with Gasteiger partial charge >= 0.3 is 0 Å². The maximum Gasteiger partial charge on any atom is 0.267 e. The fourth-order valence-corrected chi connectivity index (χ4v) is 2.86. The first-order valence-corrected chi connectivity index (χ1v) is 6.61. The molecule has 0 radical (unpaired) electrons. The van der Waals surface area contributed by atoms with Gasteiger partial charge in [0.05, 0.1) is 17.6 Å². The summed E-state index contributed by atoms with van der Waals surface area (Å²) in [7, 11) is -2.35. The molecule has 1 N–H and O–H groups in total. The molecule has 0 atom stereocenters. The van der Waals surface area contributed by atoms with Crippen LogP contribution < -0.4 is 4.31 Å². The number of nitrogens with zero attached hydrogens (tertiary/aromatic N) is 2. The summed E-state index contributed by atoms with van der Waals surface area (Å²) in [5.74, 6) is -0.488. The minimum absolute atomic E-state index is 0.0780. The Bertz CT molecular complexity index is 666. The standard InChI is InChI=1S/C11H12FN3O2S/c1-8-11(7-13-14-8)18(16,17)15(2)10-5-3-4-9(12)6-10/h3-7H,1-2H3,(H,13,14). The van der Waals surface area contributed by atoms with E-state index < -0.39 is 15.8 Å². The van der Waals surface area contributed by atoms with Crippen molar-refractivity contribution in [2.45, 2.75) is 11.8 Å². The molecule has 18 heavy (non-hydrogen) atoms. The van der Waals surface area contributed by atoms with Crippen LogP contribution in [-0.4, -0.2) is 25.7 Å². The van der Waals surface area contributed by atoms with Gasteiger partial charge in [0.25, 0.3) is 10.0 Å². The van der Waals surface area contributed by atoms with Crippen molar-refractivity contribution < 1.29 is 12.8 Å². The molecule has 0 saturated carbocycles. The van der Waals surface area contributed by atoms with Crippen molar-refractivity contribution in [3.63, 3.8) is 0 Å². The third-order valence-corrected chi connectivity index (χ3v) is 4.49. The Morgan fingerprint density at radius 3 is 2.67 bits per heavy atom. The monoisotopic (exact) mass is 269 g/mol. The van der Waals surface area contributed by atoms with Crippen molar-refractivity contribution in [1.82, 2.24) is 10.2 Å². The highest BCUT2D eigenvalue weighted by molar-refractivity contribution is 7.92. The molecule has 2 rings (SSSR count). The first kappa shape index (κ1) is 12.6. The largest absolute Gasteiger partial charge is 0.281 e. The van der Waals surface area contributed by atoms with Crippen LogP contribution in [0.2, 0.25) is 0 Å². The van der Waals surface area contributed by atoms with E-state index in [1.165, 1.54) is 31.4 Å². The van der Waals surface area contributed by atoms with Crippen LogP contribution in [0.25, 0.3) is 0 Å². The van der Waals surface area contributed by atoms with Gasteiger partial charge in [-0.2, -0.15) is 5.10 Å². The molecule has 96 valence electrons. The van der Waals surface area contributed by atoms with E-state index in [1.807, 2.05) is 0 Å². The van der Waals surface area contributed by atoms with Gasteiger partial charge in [-0.25, -0.2) is 12.8 Å². The molecule has 7 heteroatoms. The van der Waals surface area contributed by atoms with Gasteiger partial charge in [-0.15, -0.1) is 0 Å². The highest BCUT2D eigenvalue weighted by Crippen LogP contribution is 2.23. The van der Waals surface area contributed by atoms with E-state index in [9.17, 15) is 12.8 Å². The third kappa shape index (κ3) is 2.08. The zero-order chi connectivity index (χ0) is 13.3. The number of hydrogen-bond donors (Lipinski definition) is 1. The minimum Gasteiger partial charge on any atom is -0.281 e. The normalized spacial score (nSPS) is 11.5. The topological polar surface area (TPSA) is 66.1 Å². The van der Waals surface area contributed by atoms with Gasteiger partial charge in [-0.05, 0) is 25.1 Å². The van der Waals surface area contributed by atoms with E-state index in [1.54, 1.807) is 6.92 Å². The summed E-state index contributed by atoms with van der Waals surface area (Å²) in [5.41, 5.74) is 0.703. The van der Waals surface area contributed by atoms with Crippen molar-refractivity contribution in [2.24, 2.45) is 0 Å². The van der Waals surface area contributed by atoms with Gasteiger partial charge in [-0.3, -0.25) is 9.40 Å². The second-order valence-corrected chi connectivity index (χ2v) is 5.75. The summed E-state index contributed by atoms with van der Waals surface area (Å²) >= 11 is 0. The van der Waals surface area contributed by atoms with Gasteiger partial charge in [0.1, 0.15) is 10.7 Å². The maximum atomic E-state index is 13.1. The second-order valence-electron chi connectivity index (χ2n) is 3.81. The average Bonchev–Trinajstić information content (AvgIpc) is 2.75. The van der Waals surface area contributed by atoms with E-state index in [0.29, 0.717) is 5.69 Å². The highest BCUT2D eigenvalue weighted by Gasteiger charge is 2.24. The SMILES string of the molecule is Cc1[nH]ncc1S(=O)(=O)N(C)c1cccc(F)c1. The smallest absolute Gasteiger partial charge is 0.267 e. The Kier molecular flexibility index (Phi) is 3.08. The number of rotatable bonds is 3. The first-order valence-electron chi connectivity index (χ1n) is 5.17. The van der Waals surface area contributed by atoms with Crippen molar-refractivity contribution in [2.75, 3.05) is 11.4 Å². The number of H-pyrrole nitrogens is 1. The summed E-state index contributed by atoms with van der Waals surface area (Å²) < 4.78 is 38.7. The maximum absolute atomic E-state index is 13.1. The molecule has 1 aromatic heterocycles. The molecule has 0 bridgehead atoms. The lowest BCUT2D eigenvalue weighted by Gasteiger charge is -2.18. The summed E-state index contributed by atoms with van der Waals surface area (Å²) in [6.07, 6.45) is 1.24. The number of anilines is 1. The predicted octanol–water partition coefficient (Wildman–Crippen LogP) is 1.68. The number of hydrogen-bond acceptors (Lipinski definition) is 3. The number of aryl methyl sites for hydroxylation is 1. The van der Waals surface area contributed by atoms with Crippen molar-refractivity contribution >= 4 is 15.7 Å². The Morgan fingerprint density at radius 2 is 2.11 bits per heavy atom. The Hall–Kier alpha value is -1.89. The molecular weight excluding hydrogens is 257 g/mol. The van der Waals surface area contributed by atoms with Crippen molar-refractivity contribution in [3.05, 3.63) is 42.0 Å². The third-order valence-electron chi connectivity index (χ3n) is 2.59. The van der Waals surface area contributed by atoms with Crippen LogP contribution in [0.15, 0.2) is 35.4 Å². The van der Waals surface area contributed by atoms with Gasteiger partial charge < -0.3 is 0 Å². The second kappa shape index (κ2) is 4.41. The van der Waals surface area contributed by atoms with Crippen LogP contribution in [-0.2, 0) is 10.0 Å².